The van der Waals surface area contributed by atoms with Gasteiger partial charge in [0.1, 0.15) is 0 Å². The second-order valence-corrected chi connectivity index (χ2v) is 7.76. The molecule has 0 aromatic rings. The highest BCUT2D eigenvalue weighted by molar-refractivity contribution is 8.00. The minimum Gasteiger partial charge on any atom is -0.312 e. The molecule has 0 radical (unpaired) electrons. The van der Waals surface area contributed by atoms with E-state index in [2.05, 4.69) is 39.9 Å². The Morgan fingerprint density at radius 2 is 1.60 bits per heavy atom. The van der Waals surface area contributed by atoms with Gasteiger partial charge in [-0.25, -0.2) is 0 Å². The molecule has 0 aliphatic carbocycles. The molecule has 0 heterocycles. The number of thioether (sulfide) groups is 1. The molecule has 0 spiro atoms. The van der Waals surface area contributed by atoms with E-state index in [0.717, 1.165) is 32.2 Å². The predicted octanol–water partition coefficient (Wildman–Crippen LogP) is 5.60. The molecule has 0 fully saturated rings. The lowest BCUT2D eigenvalue weighted by Crippen LogP contribution is -2.44. The second-order valence-electron chi connectivity index (χ2n) is 6.60. The van der Waals surface area contributed by atoms with Crippen molar-refractivity contribution in [1.29, 1.82) is 0 Å². The molecule has 0 aliphatic heterocycles. The third-order valence-corrected chi connectivity index (χ3v) is 4.44. The van der Waals surface area contributed by atoms with Gasteiger partial charge in [0.05, 0.1) is 0 Å². The number of hydrogen-bond acceptors (Lipinski definition) is 2. The molecule has 122 valence electrons. The first-order chi connectivity index (χ1) is 9.04. The molecule has 0 aromatic heterocycles. The molecule has 1 N–H and O–H groups in total. The van der Waals surface area contributed by atoms with Crippen molar-refractivity contribution < 1.29 is 13.2 Å². The molecule has 5 heteroatoms. The van der Waals surface area contributed by atoms with E-state index in [9.17, 15) is 13.2 Å². The maximum Gasteiger partial charge on any atom is 0.441 e. The van der Waals surface area contributed by atoms with Crippen molar-refractivity contribution in [2.45, 2.75) is 77.8 Å². The van der Waals surface area contributed by atoms with Crippen LogP contribution in [0.5, 0.6) is 0 Å². The quantitative estimate of drug-likeness (QED) is 0.594. The SMILES string of the molecule is CCCCC(CC)(CCSC(F)(F)F)CNC(C)(C)C. The topological polar surface area (TPSA) is 12.0 Å². The molecule has 0 rings (SSSR count). The zero-order valence-electron chi connectivity index (χ0n) is 13.5. The highest BCUT2D eigenvalue weighted by atomic mass is 32.2. The normalized spacial score (nSPS) is 16.2. The first-order valence-corrected chi connectivity index (χ1v) is 8.48. The maximum absolute atomic E-state index is 12.3. The Morgan fingerprint density at radius 3 is 2.00 bits per heavy atom. The third-order valence-electron chi connectivity index (χ3n) is 3.70. The summed E-state index contributed by atoms with van der Waals surface area (Å²) < 4.78 is 36.9. The summed E-state index contributed by atoms with van der Waals surface area (Å²) in [6, 6.07) is 0. The van der Waals surface area contributed by atoms with Gasteiger partial charge < -0.3 is 5.32 Å². The Morgan fingerprint density at radius 1 is 1.00 bits per heavy atom. The van der Waals surface area contributed by atoms with Crippen LogP contribution < -0.4 is 5.32 Å². The van der Waals surface area contributed by atoms with Gasteiger partial charge in [-0.15, -0.1) is 0 Å². The molecule has 0 saturated heterocycles. The molecule has 0 bridgehead atoms. The fraction of sp³-hybridized carbons (Fsp3) is 1.00. The highest BCUT2D eigenvalue weighted by Crippen LogP contribution is 2.38. The number of alkyl halides is 3. The van der Waals surface area contributed by atoms with Crippen LogP contribution in [0.4, 0.5) is 13.2 Å². The van der Waals surface area contributed by atoms with Crippen LogP contribution in [0.1, 0.15) is 66.7 Å². The van der Waals surface area contributed by atoms with Gasteiger partial charge in [-0.1, -0.05) is 38.5 Å². The standard InChI is InChI=1S/C15H30F3NS/c1-6-8-9-14(7-2,12-19-13(3,4)5)10-11-20-15(16,17)18/h19H,6-12H2,1-5H3. The van der Waals surface area contributed by atoms with E-state index in [4.69, 9.17) is 0 Å². The lowest BCUT2D eigenvalue weighted by atomic mass is 9.77. The number of nitrogens with one attached hydrogen (secondary N) is 1. The molecule has 1 atom stereocenters. The van der Waals surface area contributed by atoms with Crippen LogP contribution in [0.25, 0.3) is 0 Å². The predicted molar refractivity (Wildman–Crippen MR) is 83.1 cm³/mol. The summed E-state index contributed by atoms with van der Waals surface area (Å²) in [5, 5.41) is 3.48. The number of halogens is 3. The first-order valence-electron chi connectivity index (χ1n) is 7.49. The average molecular weight is 313 g/mol. The van der Waals surface area contributed by atoms with Crippen molar-refractivity contribution in [3.05, 3.63) is 0 Å². The van der Waals surface area contributed by atoms with Gasteiger partial charge in [0.15, 0.2) is 0 Å². The summed E-state index contributed by atoms with van der Waals surface area (Å²) in [7, 11) is 0. The van der Waals surface area contributed by atoms with E-state index in [1.165, 1.54) is 0 Å². The number of hydrogen-bond donors (Lipinski definition) is 1. The lowest BCUT2D eigenvalue weighted by Gasteiger charge is -2.36. The van der Waals surface area contributed by atoms with Gasteiger partial charge in [0.25, 0.3) is 0 Å². The Balaban J connectivity index is 4.57. The van der Waals surface area contributed by atoms with Gasteiger partial charge in [-0.05, 0) is 45.4 Å². The monoisotopic (exact) mass is 313 g/mol. The van der Waals surface area contributed by atoms with E-state index < -0.39 is 5.51 Å². The zero-order valence-corrected chi connectivity index (χ0v) is 14.3. The fourth-order valence-electron chi connectivity index (χ4n) is 2.17. The smallest absolute Gasteiger partial charge is 0.312 e. The number of unbranched alkanes of at least 4 members (excludes halogenated alkanes) is 1. The molecular weight excluding hydrogens is 283 g/mol. The summed E-state index contributed by atoms with van der Waals surface area (Å²) in [4.78, 5) is 0. The van der Waals surface area contributed by atoms with E-state index >= 15 is 0 Å². The van der Waals surface area contributed by atoms with Crippen molar-refractivity contribution >= 4 is 11.8 Å². The van der Waals surface area contributed by atoms with Crippen LogP contribution in [0.3, 0.4) is 0 Å². The van der Waals surface area contributed by atoms with Gasteiger partial charge in [-0.3, -0.25) is 0 Å². The summed E-state index contributed by atoms with van der Waals surface area (Å²) in [6.45, 7) is 11.3. The third kappa shape index (κ3) is 9.92. The Kier molecular flexibility index (Phi) is 8.56. The van der Waals surface area contributed by atoms with Crippen LogP contribution >= 0.6 is 11.8 Å². The number of rotatable bonds is 9. The molecule has 0 saturated carbocycles. The summed E-state index contributed by atoms with van der Waals surface area (Å²) in [5.74, 6) is 0.160. The van der Waals surface area contributed by atoms with E-state index in [-0.39, 0.29) is 28.5 Å². The highest BCUT2D eigenvalue weighted by Gasteiger charge is 2.33. The van der Waals surface area contributed by atoms with E-state index in [1.54, 1.807) is 0 Å². The molecule has 20 heavy (non-hydrogen) atoms. The van der Waals surface area contributed by atoms with Crippen LogP contribution in [0.2, 0.25) is 0 Å². The molecule has 0 amide bonds. The fourth-order valence-corrected chi connectivity index (χ4v) is 2.93. The van der Waals surface area contributed by atoms with Crippen LogP contribution in [-0.4, -0.2) is 23.3 Å². The van der Waals surface area contributed by atoms with Crippen molar-refractivity contribution in [2.24, 2.45) is 5.41 Å². The zero-order chi connectivity index (χ0) is 15.9. The van der Waals surface area contributed by atoms with Crippen molar-refractivity contribution in [3.8, 4) is 0 Å². The molecule has 0 aromatic carbocycles. The van der Waals surface area contributed by atoms with Crippen molar-refractivity contribution in [2.75, 3.05) is 12.3 Å². The van der Waals surface area contributed by atoms with Gasteiger partial charge in [0.2, 0.25) is 0 Å². The Labute approximate surface area is 126 Å². The van der Waals surface area contributed by atoms with Gasteiger partial charge >= 0.3 is 5.51 Å². The van der Waals surface area contributed by atoms with E-state index in [1.807, 2.05) is 0 Å². The van der Waals surface area contributed by atoms with Gasteiger partial charge in [0, 0.05) is 17.8 Å². The minimum atomic E-state index is -4.11. The molecule has 1 unspecified atom stereocenters. The largest absolute Gasteiger partial charge is 0.441 e. The summed E-state index contributed by atoms with van der Waals surface area (Å²) in [6.07, 6.45) is 4.72. The van der Waals surface area contributed by atoms with Crippen LogP contribution in [-0.2, 0) is 0 Å². The van der Waals surface area contributed by atoms with Crippen LogP contribution in [0.15, 0.2) is 0 Å². The average Bonchev–Trinajstić information content (AvgIpc) is 2.30. The lowest BCUT2D eigenvalue weighted by molar-refractivity contribution is -0.0329. The second kappa shape index (κ2) is 8.52. The minimum absolute atomic E-state index is 0.00377. The van der Waals surface area contributed by atoms with Crippen molar-refractivity contribution in [1.82, 2.24) is 5.32 Å². The Hall–Kier alpha value is 0.1000. The maximum atomic E-state index is 12.3. The van der Waals surface area contributed by atoms with Crippen LogP contribution in [0, 0.1) is 5.41 Å². The van der Waals surface area contributed by atoms with E-state index in [0.29, 0.717) is 6.42 Å². The Bertz CT molecular complexity index is 261. The summed E-state index contributed by atoms with van der Waals surface area (Å²) >= 11 is 0.115. The van der Waals surface area contributed by atoms with Gasteiger partial charge in [-0.2, -0.15) is 13.2 Å². The molecular formula is C15H30F3NS. The first kappa shape index (κ1) is 20.1. The van der Waals surface area contributed by atoms with Crippen molar-refractivity contribution in [3.63, 3.8) is 0 Å². The molecule has 0 aliphatic rings. The summed E-state index contributed by atoms with van der Waals surface area (Å²) in [5.41, 5.74) is -4.12. The molecule has 1 nitrogen and oxygen atoms in total.